The molecule has 1 aromatic rings. The zero-order chi connectivity index (χ0) is 21.0. The van der Waals surface area contributed by atoms with E-state index < -0.39 is 12.1 Å². The van der Waals surface area contributed by atoms with Crippen molar-refractivity contribution < 1.29 is 32.5 Å². The molecule has 0 unspecified atom stereocenters. The molecule has 0 radical (unpaired) electrons. The van der Waals surface area contributed by atoms with Crippen molar-refractivity contribution in [3.63, 3.8) is 0 Å². The van der Waals surface area contributed by atoms with Crippen molar-refractivity contribution >= 4 is 22.4 Å². The van der Waals surface area contributed by atoms with Gasteiger partial charge in [0.2, 0.25) is 5.13 Å². The van der Waals surface area contributed by atoms with Crippen molar-refractivity contribution in [2.75, 3.05) is 24.7 Å². The third-order valence-electron chi connectivity index (χ3n) is 5.50. The second-order valence-corrected chi connectivity index (χ2v) is 8.79. The molecule has 0 amide bonds. The first-order valence-corrected chi connectivity index (χ1v) is 10.7. The minimum atomic E-state index is -5.08. The summed E-state index contributed by atoms with van der Waals surface area (Å²) in [6, 6.07) is 0.412. The average Bonchev–Trinajstić information content (AvgIpc) is 3.39. The van der Waals surface area contributed by atoms with Gasteiger partial charge in [-0.2, -0.15) is 13.2 Å². The van der Waals surface area contributed by atoms with Crippen LogP contribution in [0.1, 0.15) is 43.5 Å². The standard InChI is InChI=1S/C16H25N3O2S.C2HF3O2/c1-11-17-18-16(22-11)19-9-14(15-13(19)7-4-8-20-15)21-10-12-5-2-3-6-12;3-2(4,5)1(6)7/h12-15H,2-10H2,1H3;(H,6,7)/t13-,14+,15+;/m1./s1. The third kappa shape index (κ3) is 5.79. The molecule has 4 rings (SSSR count). The molecule has 1 aliphatic carbocycles. The Balaban J connectivity index is 0.000000298. The number of aromatic nitrogens is 2. The molecule has 1 aromatic heterocycles. The molecule has 164 valence electrons. The largest absolute Gasteiger partial charge is 0.490 e. The van der Waals surface area contributed by atoms with Gasteiger partial charge in [0.15, 0.2) is 0 Å². The molecular formula is C18H26F3N3O4S. The van der Waals surface area contributed by atoms with E-state index in [1.807, 2.05) is 6.92 Å². The van der Waals surface area contributed by atoms with Crippen molar-refractivity contribution in [1.82, 2.24) is 10.2 Å². The maximum Gasteiger partial charge on any atom is 0.490 e. The fourth-order valence-corrected chi connectivity index (χ4v) is 4.87. The lowest BCUT2D eigenvalue weighted by Crippen LogP contribution is -2.42. The van der Waals surface area contributed by atoms with Gasteiger partial charge in [-0.25, -0.2) is 4.79 Å². The summed E-state index contributed by atoms with van der Waals surface area (Å²) in [5, 5.41) is 17.7. The second kappa shape index (κ2) is 9.57. The highest BCUT2D eigenvalue weighted by molar-refractivity contribution is 7.15. The summed E-state index contributed by atoms with van der Waals surface area (Å²) in [7, 11) is 0. The van der Waals surface area contributed by atoms with Gasteiger partial charge in [-0.15, -0.1) is 10.2 Å². The van der Waals surface area contributed by atoms with Crippen LogP contribution in [0, 0.1) is 12.8 Å². The van der Waals surface area contributed by atoms with E-state index in [-0.39, 0.29) is 12.2 Å². The topological polar surface area (TPSA) is 84.8 Å². The summed E-state index contributed by atoms with van der Waals surface area (Å²) < 4.78 is 44.1. The van der Waals surface area contributed by atoms with Gasteiger partial charge in [0.05, 0.1) is 6.04 Å². The first-order chi connectivity index (χ1) is 13.8. The predicted molar refractivity (Wildman–Crippen MR) is 100 cm³/mol. The molecule has 3 aliphatic rings. The normalized spacial score (nSPS) is 27.4. The lowest BCUT2D eigenvalue weighted by molar-refractivity contribution is -0.192. The molecule has 2 aliphatic heterocycles. The number of hydrogen-bond acceptors (Lipinski definition) is 7. The Morgan fingerprint density at radius 1 is 1.28 bits per heavy atom. The Kier molecular flexibility index (Phi) is 7.33. The van der Waals surface area contributed by atoms with Crippen LogP contribution in [0.4, 0.5) is 18.3 Å². The number of aliphatic carboxylic acids is 1. The van der Waals surface area contributed by atoms with Crippen molar-refractivity contribution in [3.05, 3.63) is 5.01 Å². The number of halogens is 3. The van der Waals surface area contributed by atoms with Crippen molar-refractivity contribution in [2.45, 2.75) is 69.9 Å². The van der Waals surface area contributed by atoms with Crippen molar-refractivity contribution in [3.8, 4) is 0 Å². The molecule has 1 saturated carbocycles. The molecule has 3 fully saturated rings. The number of carboxylic acid groups (broad SMARTS) is 1. The van der Waals surface area contributed by atoms with Crippen LogP contribution in [-0.4, -0.2) is 65.5 Å². The summed E-state index contributed by atoms with van der Waals surface area (Å²) in [4.78, 5) is 11.3. The van der Waals surface area contributed by atoms with Crippen LogP contribution in [-0.2, 0) is 14.3 Å². The minimum absolute atomic E-state index is 0.190. The van der Waals surface area contributed by atoms with E-state index >= 15 is 0 Å². The molecule has 11 heteroatoms. The first-order valence-electron chi connectivity index (χ1n) is 9.85. The van der Waals surface area contributed by atoms with Crippen LogP contribution in [0.25, 0.3) is 0 Å². The number of nitrogens with zero attached hydrogens (tertiary/aromatic N) is 3. The summed E-state index contributed by atoms with van der Waals surface area (Å²) in [6.07, 6.45) is 3.03. The van der Waals surface area contributed by atoms with Gasteiger partial charge in [0.25, 0.3) is 0 Å². The Morgan fingerprint density at radius 3 is 2.55 bits per heavy atom. The van der Waals surface area contributed by atoms with Crippen LogP contribution in [0.15, 0.2) is 0 Å². The van der Waals surface area contributed by atoms with Crippen molar-refractivity contribution in [2.24, 2.45) is 5.92 Å². The smallest absolute Gasteiger partial charge is 0.475 e. The molecule has 0 aromatic carbocycles. The van der Waals surface area contributed by atoms with Crippen LogP contribution in [0.5, 0.6) is 0 Å². The fourth-order valence-electron chi connectivity index (χ4n) is 4.12. The number of fused-ring (bicyclic) bond motifs is 1. The van der Waals surface area contributed by atoms with Gasteiger partial charge in [-0.1, -0.05) is 24.2 Å². The SMILES string of the molecule is Cc1nnc(N2C[C@H](OCC3CCCC3)[C@H]3OCCC[C@H]32)s1.O=C(O)C(F)(F)F. The molecular weight excluding hydrogens is 411 g/mol. The van der Waals surface area contributed by atoms with Crippen LogP contribution >= 0.6 is 11.3 Å². The Labute approximate surface area is 171 Å². The van der Waals surface area contributed by atoms with Gasteiger partial charge in [0, 0.05) is 19.8 Å². The number of hydrogen-bond donors (Lipinski definition) is 1. The fraction of sp³-hybridized carbons (Fsp3) is 0.833. The van der Waals surface area contributed by atoms with E-state index in [2.05, 4.69) is 15.1 Å². The molecule has 1 N–H and O–H groups in total. The maximum atomic E-state index is 10.6. The molecule has 3 atom stereocenters. The van der Waals surface area contributed by atoms with E-state index in [1.54, 1.807) is 11.3 Å². The molecule has 0 spiro atoms. The Hall–Kier alpha value is -1.46. The highest BCUT2D eigenvalue weighted by atomic mass is 32.1. The molecule has 0 bridgehead atoms. The maximum absolute atomic E-state index is 10.6. The number of carboxylic acids is 1. The quantitative estimate of drug-likeness (QED) is 0.773. The lowest BCUT2D eigenvalue weighted by Gasteiger charge is -2.31. The summed E-state index contributed by atoms with van der Waals surface area (Å²) in [5.41, 5.74) is 0. The van der Waals surface area contributed by atoms with Gasteiger partial charge >= 0.3 is 12.1 Å². The van der Waals surface area contributed by atoms with Gasteiger partial charge in [-0.3, -0.25) is 0 Å². The van der Waals surface area contributed by atoms with Gasteiger partial charge in [-0.05, 0) is 38.5 Å². The number of aryl methyl sites for hydroxylation is 1. The monoisotopic (exact) mass is 437 g/mol. The number of anilines is 1. The number of alkyl halides is 3. The van der Waals surface area contributed by atoms with Crippen LogP contribution in [0.2, 0.25) is 0 Å². The van der Waals surface area contributed by atoms with Gasteiger partial charge < -0.3 is 19.5 Å². The summed E-state index contributed by atoms with van der Waals surface area (Å²) in [6.45, 7) is 4.69. The van der Waals surface area contributed by atoms with Crippen molar-refractivity contribution in [1.29, 1.82) is 0 Å². The highest BCUT2D eigenvalue weighted by Crippen LogP contribution is 2.36. The number of carbonyl (C=O) groups is 1. The summed E-state index contributed by atoms with van der Waals surface area (Å²) in [5.74, 6) is -1.99. The molecule has 29 heavy (non-hydrogen) atoms. The van der Waals surface area contributed by atoms with Crippen LogP contribution in [0.3, 0.4) is 0 Å². The zero-order valence-electron chi connectivity index (χ0n) is 16.2. The van der Waals surface area contributed by atoms with E-state index in [1.165, 1.54) is 32.1 Å². The molecule has 7 nitrogen and oxygen atoms in total. The van der Waals surface area contributed by atoms with E-state index in [0.717, 1.165) is 42.2 Å². The number of rotatable bonds is 4. The number of ether oxygens (including phenoxy) is 2. The van der Waals surface area contributed by atoms with Crippen LogP contribution < -0.4 is 4.90 Å². The predicted octanol–water partition coefficient (Wildman–Crippen LogP) is 3.42. The summed E-state index contributed by atoms with van der Waals surface area (Å²) >= 11 is 1.68. The zero-order valence-corrected chi connectivity index (χ0v) is 17.0. The first kappa shape index (κ1) is 22.2. The van der Waals surface area contributed by atoms with E-state index in [0.29, 0.717) is 6.04 Å². The van der Waals surface area contributed by atoms with E-state index in [4.69, 9.17) is 19.4 Å². The molecule has 2 saturated heterocycles. The average molecular weight is 437 g/mol. The minimum Gasteiger partial charge on any atom is -0.475 e. The Morgan fingerprint density at radius 2 is 1.97 bits per heavy atom. The lowest BCUT2D eigenvalue weighted by atomic mass is 10.0. The van der Waals surface area contributed by atoms with Gasteiger partial charge in [0.1, 0.15) is 17.2 Å². The molecule has 3 heterocycles. The third-order valence-corrected chi connectivity index (χ3v) is 6.38. The Bertz CT molecular complexity index is 682. The van der Waals surface area contributed by atoms with E-state index in [9.17, 15) is 13.2 Å². The second-order valence-electron chi connectivity index (χ2n) is 7.63. The highest BCUT2D eigenvalue weighted by Gasteiger charge is 2.46.